The van der Waals surface area contributed by atoms with Gasteiger partial charge in [-0.2, -0.15) is 5.10 Å². The largest absolute Gasteiger partial charge is 0.497 e. The van der Waals surface area contributed by atoms with Crippen LogP contribution in [0, 0.1) is 0 Å². The first-order chi connectivity index (χ1) is 19.5. The number of benzene rings is 4. The average Bonchev–Trinajstić information content (AvgIpc) is 3.62. The number of halogens is 2. The van der Waals surface area contributed by atoms with E-state index in [0.717, 1.165) is 22.1 Å². The van der Waals surface area contributed by atoms with Crippen LogP contribution in [0.1, 0.15) is 10.4 Å². The number of anilines is 1. The standard InChI is InChI=1S/C28H19Cl2N7O3/c1-39-24-9-6-17-10-19(3-2-18(17)11-24)26-25(15-31-37(26)22-13-20(29)12-21(30)14-22)40-23-7-4-16(5-8-23)27(38)32-28-33-35-36-34-28/h2-15H,1H3,(H2,32,33,34,35,36,38). The number of aromatic nitrogens is 6. The molecule has 0 bridgehead atoms. The SMILES string of the molecule is COc1ccc2cc(-c3c(Oc4ccc(C(=O)Nc5nnn[nH]5)cc4)cnn3-c3cc(Cl)cc(Cl)c3)ccc2c1. The Morgan fingerprint density at radius 2 is 1.62 bits per heavy atom. The van der Waals surface area contributed by atoms with Crippen LogP contribution in [0.25, 0.3) is 27.7 Å². The number of carbonyl (C=O) groups excluding carboxylic acids is 1. The number of hydrogen-bond acceptors (Lipinski definition) is 7. The molecule has 6 rings (SSSR count). The number of aromatic amines is 1. The van der Waals surface area contributed by atoms with Gasteiger partial charge in [-0.1, -0.05) is 46.5 Å². The number of fused-ring (bicyclic) bond motifs is 1. The summed E-state index contributed by atoms with van der Waals surface area (Å²) in [5.41, 5.74) is 2.62. The van der Waals surface area contributed by atoms with Crippen molar-refractivity contribution < 1.29 is 14.3 Å². The minimum Gasteiger partial charge on any atom is -0.497 e. The number of nitrogens with zero attached hydrogens (tertiary/aromatic N) is 5. The van der Waals surface area contributed by atoms with Crippen LogP contribution in [0.3, 0.4) is 0 Å². The van der Waals surface area contributed by atoms with Crippen molar-refractivity contribution in [2.75, 3.05) is 12.4 Å². The number of amides is 1. The lowest BCUT2D eigenvalue weighted by Gasteiger charge is -2.13. The second kappa shape index (κ2) is 10.7. The van der Waals surface area contributed by atoms with Crippen molar-refractivity contribution in [3.63, 3.8) is 0 Å². The van der Waals surface area contributed by atoms with Crippen LogP contribution >= 0.6 is 23.2 Å². The zero-order chi connectivity index (χ0) is 27.6. The highest BCUT2D eigenvalue weighted by Crippen LogP contribution is 2.38. The smallest absolute Gasteiger partial charge is 0.258 e. The lowest BCUT2D eigenvalue weighted by atomic mass is 10.0. The fourth-order valence-electron chi connectivity index (χ4n) is 4.22. The Kier molecular flexibility index (Phi) is 6.77. The van der Waals surface area contributed by atoms with Crippen LogP contribution in [0.4, 0.5) is 5.95 Å². The van der Waals surface area contributed by atoms with E-state index in [4.69, 9.17) is 32.7 Å². The van der Waals surface area contributed by atoms with Crippen molar-refractivity contribution in [1.29, 1.82) is 0 Å². The third-order valence-corrected chi connectivity index (χ3v) is 6.51. The van der Waals surface area contributed by atoms with Gasteiger partial charge in [-0.3, -0.25) is 10.1 Å². The van der Waals surface area contributed by atoms with Crippen molar-refractivity contribution in [1.82, 2.24) is 30.4 Å². The normalized spacial score (nSPS) is 11.0. The van der Waals surface area contributed by atoms with Gasteiger partial charge in [-0.25, -0.2) is 9.78 Å². The van der Waals surface area contributed by atoms with Gasteiger partial charge in [0.2, 0.25) is 5.95 Å². The van der Waals surface area contributed by atoms with Gasteiger partial charge >= 0.3 is 0 Å². The molecule has 4 aromatic carbocycles. The van der Waals surface area contributed by atoms with Crippen LogP contribution in [-0.4, -0.2) is 43.4 Å². The highest BCUT2D eigenvalue weighted by atomic mass is 35.5. The molecule has 0 fully saturated rings. The molecule has 6 aromatic rings. The zero-order valence-corrected chi connectivity index (χ0v) is 22.3. The maximum absolute atomic E-state index is 12.5. The van der Waals surface area contributed by atoms with E-state index in [1.54, 1.807) is 60.5 Å². The minimum absolute atomic E-state index is 0.150. The van der Waals surface area contributed by atoms with Crippen LogP contribution in [-0.2, 0) is 0 Å². The maximum atomic E-state index is 12.5. The highest BCUT2D eigenvalue weighted by molar-refractivity contribution is 6.34. The Labute approximate surface area is 237 Å². The third-order valence-electron chi connectivity index (χ3n) is 6.07. The molecule has 0 saturated carbocycles. The Morgan fingerprint density at radius 3 is 2.35 bits per heavy atom. The molecule has 2 heterocycles. The molecule has 0 spiro atoms. The Balaban J connectivity index is 1.37. The molecule has 0 radical (unpaired) electrons. The fraction of sp³-hybridized carbons (Fsp3) is 0.0357. The molecule has 0 unspecified atom stereocenters. The van der Waals surface area contributed by atoms with E-state index in [0.29, 0.717) is 38.5 Å². The topological polar surface area (TPSA) is 120 Å². The van der Waals surface area contributed by atoms with Crippen molar-refractivity contribution >= 4 is 45.8 Å². The van der Waals surface area contributed by atoms with Crippen LogP contribution < -0.4 is 14.8 Å². The quantitative estimate of drug-likeness (QED) is 0.222. The number of hydrogen-bond donors (Lipinski definition) is 2. The molecule has 0 aliphatic heterocycles. The van der Waals surface area contributed by atoms with E-state index in [2.05, 4.69) is 31.0 Å². The molecular weight excluding hydrogens is 553 g/mol. The van der Waals surface area contributed by atoms with Gasteiger partial charge in [0.1, 0.15) is 17.2 Å². The Morgan fingerprint density at radius 1 is 0.900 bits per heavy atom. The number of rotatable bonds is 7. The van der Waals surface area contributed by atoms with Crippen molar-refractivity contribution in [3.05, 3.63) is 101 Å². The molecule has 0 saturated heterocycles. The minimum atomic E-state index is -0.371. The molecule has 1 amide bonds. The first-order valence-corrected chi connectivity index (χ1v) is 12.7. The third kappa shape index (κ3) is 5.18. The van der Waals surface area contributed by atoms with Crippen LogP contribution in [0.5, 0.6) is 17.2 Å². The zero-order valence-electron chi connectivity index (χ0n) is 20.8. The number of carbonyl (C=O) groups is 1. The Bertz CT molecular complexity index is 1820. The van der Waals surface area contributed by atoms with Crippen molar-refractivity contribution in [2.45, 2.75) is 0 Å². The van der Waals surface area contributed by atoms with Gasteiger partial charge < -0.3 is 9.47 Å². The van der Waals surface area contributed by atoms with E-state index in [1.165, 1.54) is 0 Å². The summed E-state index contributed by atoms with van der Waals surface area (Å²) in [4.78, 5) is 12.5. The number of H-pyrrole nitrogens is 1. The van der Waals surface area contributed by atoms with Gasteiger partial charge in [0.25, 0.3) is 5.91 Å². The van der Waals surface area contributed by atoms with Gasteiger partial charge in [0, 0.05) is 21.2 Å². The van der Waals surface area contributed by atoms with Gasteiger partial charge in [0.15, 0.2) is 5.75 Å². The summed E-state index contributed by atoms with van der Waals surface area (Å²) < 4.78 is 13.4. The molecular formula is C28H19Cl2N7O3. The summed E-state index contributed by atoms with van der Waals surface area (Å²) in [6, 6.07) is 23.8. The predicted molar refractivity (Wildman–Crippen MR) is 152 cm³/mol. The van der Waals surface area contributed by atoms with Gasteiger partial charge in [-0.15, -0.1) is 0 Å². The molecule has 2 aromatic heterocycles. The van der Waals surface area contributed by atoms with Crippen LogP contribution in [0.2, 0.25) is 10.0 Å². The van der Waals surface area contributed by atoms with E-state index < -0.39 is 0 Å². The molecule has 0 aliphatic rings. The molecule has 10 nitrogen and oxygen atoms in total. The second-order valence-corrected chi connectivity index (χ2v) is 9.53. The van der Waals surface area contributed by atoms with E-state index in [1.807, 2.05) is 36.4 Å². The monoisotopic (exact) mass is 571 g/mol. The summed E-state index contributed by atoms with van der Waals surface area (Å²) in [6.07, 6.45) is 1.62. The number of methoxy groups -OCH3 is 1. The lowest BCUT2D eigenvalue weighted by Crippen LogP contribution is -2.12. The number of nitrogens with one attached hydrogen (secondary N) is 2. The molecule has 0 aliphatic carbocycles. The van der Waals surface area contributed by atoms with E-state index in [-0.39, 0.29) is 11.9 Å². The number of tetrazole rings is 1. The molecule has 198 valence electrons. The van der Waals surface area contributed by atoms with E-state index in [9.17, 15) is 4.79 Å². The van der Waals surface area contributed by atoms with E-state index >= 15 is 0 Å². The maximum Gasteiger partial charge on any atom is 0.258 e. The molecule has 2 N–H and O–H groups in total. The first kappa shape index (κ1) is 25.4. The summed E-state index contributed by atoms with van der Waals surface area (Å²) in [5.74, 6) is 1.56. The number of ether oxygens (including phenoxy) is 2. The molecule has 40 heavy (non-hydrogen) atoms. The van der Waals surface area contributed by atoms with Gasteiger partial charge in [0.05, 0.1) is 19.0 Å². The summed E-state index contributed by atoms with van der Waals surface area (Å²) >= 11 is 12.6. The summed E-state index contributed by atoms with van der Waals surface area (Å²) in [7, 11) is 1.64. The molecule has 0 atom stereocenters. The lowest BCUT2D eigenvalue weighted by molar-refractivity contribution is 0.102. The Hall–Kier alpha value is -4.93. The average molecular weight is 572 g/mol. The predicted octanol–water partition coefficient (Wildman–Crippen LogP) is 6.57. The van der Waals surface area contributed by atoms with Crippen LogP contribution in [0.15, 0.2) is 85.1 Å². The first-order valence-electron chi connectivity index (χ1n) is 11.9. The van der Waals surface area contributed by atoms with Crippen molar-refractivity contribution in [3.8, 4) is 34.2 Å². The van der Waals surface area contributed by atoms with Crippen molar-refractivity contribution in [2.24, 2.45) is 0 Å². The summed E-state index contributed by atoms with van der Waals surface area (Å²) in [6.45, 7) is 0. The highest BCUT2D eigenvalue weighted by Gasteiger charge is 2.19. The summed E-state index contributed by atoms with van der Waals surface area (Å²) in [5, 5.41) is 23.2. The van der Waals surface area contributed by atoms with Gasteiger partial charge in [-0.05, 0) is 81.9 Å². The molecule has 12 heteroatoms. The fourth-order valence-corrected chi connectivity index (χ4v) is 4.74. The second-order valence-electron chi connectivity index (χ2n) is 8.66.